The fraction of sp³-hybridized carbons (Fsp3) is 0.286. The Kier molecular flexibility index (Phi) is 6.75. The van der Waals surface area contributed by atoms with Gasteiger partial charge >= 0.3 is 0 Å². The van der Waals surface area contributed by atoms with Crippen molar-refractivity contribution in [3.63, 3.8) is 0 Å². The third-order valence-corrected chi connectivity index (χ3v) is 5.68. The van der Waals surface area contributed by atoms with Gasteiger partial charge in [0.05, 0.1) is 22.7 Å². The van der Waals surface area contributed by atoms with Crippen LogP contribution in [0.1, 0.15) is 31.9 Å². The molecule has 0 spiro atoms. The highest BCUT2D eigenvalue weighted by Crippen LogP contribution is 2.23. The molecule has 1 atom stereocenters. The van der Waals surface area contributed by atoms with Gasteiger partial charge in [-0.25, -0.2) is 4.98 Å². The van der Waals surface area contributed by atoms with Gasteiger partial charge in [0.25, 0.3) is 5.56 Å². The van der Waals surface area contributed by atoms with E-state index in [0.717, 1.165) is 12.0 Å². The number of carbonyl (C=O) groups is 1. The van der Waals surface area contributed by atoms with Crippen LogP contribution in [-0.2, 0) is 11.3 Å². The molecule has 7 heteroatoms. The van der Waals surface area contributed by atoms with Gasteiger partial charge in [0, 0.05) is 11.6 Å². The predicted octanol–water partition coefficient (Wildman–Crippen LogP) is 4.43. The molecule has 1 unspecified atom stereocenters. The van der Waals surface area contributed by atoms with Crippen LogP contribution in [0.25, 0.3) is 10.9 Å². The van der Waals surface area contributed by atoms with Crippen LogP contribution >= 0.6 is 23.4 Å². The summed E-state index contributed by atoms with van der Waals surface area (Å²) in [6, 6.07) is 14.5. The smallest absolute Gasteiger partial charge is 0.262 e. The molecular weight excluding hydrogens is 394 g/mol. The first-order chi connectivity index (χ1) is 13.5. The maximum absolute atomic E-state index is 12.8. The van der Waals surface area contributed by atoms with Crippen molar-refractivity contribution in [1.82, 2.24) is 14.9 Å². The van der Waals surface area contributed by atoms with Gasteiger partial charge in [0.15, 0.2) is 5.16 Å². The molecule has 0 saturated carbocycles. The van der Waals surface area contributed by atoms with Crippen LogP contribution in [0.3, 0.4) is 0 Å². The number of thioether (sulfide) groups is 1. The molecule has 1 N–H and O–H groups in total. The molecule has 0 aliphatic heterocycles. The van der Waals surface area contributed by atoms with E-state index in [9.17, 15) is 9.59 Å². The van der Waals surface area contributed by atoms with Crippen LogP contribution in [0.5, 0.6) is 0 Å². The van der Waals surface area contributed by atoms with Gasteiger partial charge in [-0.1, -0.05) is 60.6 Å². The Morgan fingerprint density at radius 3 is 2.68 bits per heavy atom. The number of fused-ring (bicyclic) bond motifs is 1. The lowest BCUT2D eigenvalue weighted by atomic mass is 10.1. The maximum atomic E-state index is 12.8. The standard InChI is InChI=1S/C21H22ClN3O2S/c1-3-12-25-20(27)16-9-5-7-11-18(16)24-21(25)28-13-19(26)23-14(2)15-8-4-6-10-17(15)22/h4-11,14H,3,12-13H2,1-2H3,(H,23,26). The number of rotatable bonds is 7. The Balaban J connectivity index is 1.75. The summed E-state index contributed by atoms with van der Waals surface area (Å²) in [6.45, 7) is 4.47. The first-order valence-electron chi connectivity index (χ1n) is 9.17. The number of aromatic nitrogens is 2. The van der Waals surface area contributed by atoms with Crippen LogP contribution in [0, 0.1) is 0 Å². The van der Waals surface area contributed by atoms with Crippen LogP contribution in [0.4, 0.5) is 0 Å². The number of hydrogen-bond acceptors (Lipinski definition) is 4. The minimum atomic E-state index is -0.204. The second kappa shape index (κ2) is 9.26. The largest absolute Gasteiger partial charge is 0.349 e. The molecule has 0 saturated heterocycles. The molecule has 0 radical (unpaired) electrons. The zero-order valence-electron chi connectivity index (χ0n) is 15.8. The summed E-state index contributed by atoms with van der Waals surface area (Å²) in [4.78, 5) is 29.8. The van der Waals surface area contributed by atoms with Crippen molar-refractivity contribution in [3.8, 4) is 0 Å². The summed E-state index contributed by atoms with van der Waals surface area (Å²) in [6.07, 6.45) is 0.809. The minimum absolute atomic E-state index is 0.0696. The first-order valence-corrected chi connectivity index (χ1v) is 10.5. The van der Waals surface area contributed by atoms with Crippen molar-refractivity contribution in [3.05, 3.63) is 69.5 Å². The summed E-state index contributed by atoms with van der Waals surface area (Å²) in [5.41, 5.74) is 1.45. The maximum Gasteiger partial charge on any atom is 0.262 e. The average molecular weight is 416 g/mol. The molecule has 28 heavy (non-hydrogen) atoms. The number of amides is 1. The first kappa shape index (κ1) is 20.4. The van der Waals surface area contributed by atoms with Crippen LogP contribution < -0.4 is 10.9 Å². The normalized spacial score (nSPS) is 12.1. The van der Waals surface area contributed by atoms with E-state index in [1.807, 2.05) is 50.2 Å². The molecule has 1 aromatic heterocycles. The number of benzene rings is 2. The van der Waals surface area contributed by atoms with E-state index >= 15 is 0 Å². The molecular formula is C21H22ClN3O2S. The Morgan fingerprint density at radius 2 is 1.93 bits per heavy atom. The van der Waals surface area contributed by atoms with Crippen molar-refractivity contribution < 1.29 is 4.79 Å². The molecule has 3 rings (SSSR count). The molecule has 0 bridgehead atoms. The lowest BCUT2D eigenvalue weighted by molar-refractivity contribution is -0.119. The summed E-state index contributed by atoms with van der Waals surface area (Å²) in [5, 5.41) is 4.73. The van der Waals surface area contributed by atoms with Gasteiger partial charge in [0.2, 0.25) is 5.91 Å². The Morgan fingerprint density at radius 1 is 1.21 bits per heavy atom. The third kappa shape index (κ3) is 4.56. The van der Waals surface area contributed by atoms with E-state index in [-0.39, 0.29) is 23.3 Å². The fourth-order valence-electron chi connectivity index (χ4n) is 3.00. The minimum Gasteiger partial charge on any atom is -0.349 e. The molecule has 3 aromatic rings. The SMILES string of the molecule is CCCn1c(SCC(=O)NC(C)c2ccccc2Cl)nc2ccccc2c1=O. The van der Waals surface area contributed by atoms with Gasteiger partial charge < -0.3 is 5.32 Å². The lowest BCUT2D eigenvalue weighted by Crippen LogP contribution is -2.29. The van der Waals surface area contributed by atoms with Gasteiger partial charge in [-0.2, -0.15) is 0 Å². The molecule has 2 aromatic carbocycles. The third-order valence-electron chi connectivity index (χ3n) is 4.36. The monoisotopic (exact) mass is 415 g/mol. The molecule has 5 nitrogen and oxygen atoms in total. The van der Waals surface area contributed by atoms with E-state index in [0.29, 0.717) is 27.6 Å². The Hall–Kier alpha value is -2.31. The molecule has 0 aliphatic rings. The van der Waals surface area contributed by atoms with E-state index in [2.05, 4.69) is 10.3 Å². The van der Waals surface area contributed by atoms with Crippen LogP contribution in [-0.4, -0.2) is 21.2 Å². The predicted molar refractivity (Wildman–Crippen MR) is 115 cm³/mol. The number of nitrogens with zero attached hydrogens (tertiary/aromatic N) is 2. The highest BCUT2D eigenvalue weighted by Gasteiger charge is 2.15. The highest BCUT2D eigenvalue weighted by atomic mass is 35.5. The summed E-state index contributed by atoms with van der Waals surface area (Å²) in [5.74, 6) is 0.0337. The quantitative estimate of drug-likeness (QED) is 0.458. The summed E-state index contributed by atoms with van der Waals surface area (Å²) < 4.78 is 1.65. The molecule has 0 aliphatic carbocycles. The van der Waals surface area contributed by atoms with E-state index in [1.165, 1.54) is 11.8 Å². The van der Waals surface area contributed by atoms with Crippen molar-refractivity contribution in [2.75, 3.05) is 5.75 Å². The van der Waals surface area contributed by atoms with Gasteiger partial charge in [-0.3, -0.25) is 14.2 Å². The van der Waals surface area contributed by atoms with E-state index in [4.69, 9.17) is 11.6 Å². The van der Waals surface area contributed by atoms with Crippen molar-refractivity contribution in [1.29, 1.82) is 0 Å². The van der Waals surface area contributed by atoms with Crippen molar-refractivity contribution in [2.24, 2.45) is 0 Å². The Bertz CT molecular complexity index is 1050. The molecule has 1 heterocycles. The van der Waals surface area contributed by atoms with E-state index < -0.39 is 0 Å². The molecule has 146 valence electrons. The number of para-hydroxylation sites is 1. The van der Waals surface area contributed by atoms with Crippen molar-refractivity contribution in [2.45, 2.75) is 38.0 Å². The number of hydrogen-bond donors (Lipinski definition) is 1. The second-order valence-corrected chi connectivity index (χ2v) is 7.82. The number of nitrogens with one attached hydrogen (secondary N) is 1. The highest BCUT2D eigenvalue weighted by molar-refractivity contribution is 7.99. The van der Waals surface area contributed by atoms with Gasteiger partial charge in [-0.15, -0.1) is 0 Å². The molecule has 1 amide bonds. The summed E-state index contributed by atoms with van der Waals surface area (Å²) in [7, 11) is 0. The van der Waals surface area contributed by atoms with Gasteiger partial charge in [0.1, 0.15) is 0 Å². The van der Waals surface area contributed by atoms with Gasteiger partial charge in [-0.05, 0) is 37.1 Å². The average Bonchev–Trinajstić information content (AvgIpc) is 2.69. The van der Waals surface area contributed by atoms with Crippen LogP contribution in [0.2, 0.25) is 5.02 Å². The lowest BCUT2D eigenvalue weighted by Gasteiger charge is -2.16. The topological polar surface area (TPSA) is 64.0 Å². The summed E-state index contributed by atoms with van der Waals surface area (Å²) >= 11 is 7.47. The zero-order chi connectivity index (χ0) is 20.1. The zero-order valence-corrected chi connectivity index (χ0v) is 17.4. The van der Waals surface area contributed by atoms with Crippen molar-refractivity contribution >= 4 is 40.2 Å². The second-order valence-electron chi connectivity index (χ2n) is 6.47. The van der Waals surface area contributed by atoms with E-state index in [1.54, 1.807) is 16.7 Å². The number of halogens is 1. The number of carbonyl (C=O) groups excluding carboxylic acids is 1. The van der Waals surface area contributed by atoms with Crippen LogP contribution in [0.15, 0.2) is 58.5 Å². The Labute approximate surface area is 173 Å². The molecule has 0 fully saturated rings. The fourth-order valence-corrected chi connectivity index (χ4v) is 4.13.